The zero-order chi connectivity index (χ0) is 17.0. The van der Waals surface area contributed by atoms with Crippen molar-refractivity contribution in [1.82, 2.24) is 10.3 Å². The third kappa shape index (κ3) is 3.92. The number of thiazole rings is 1. The van der Waals surface area contributed by atoms with E-state index in [4.69, 9.17) is 4.74 Å². The zero-order valence-electron chi connectivity index (χ0n) is 14.0. The van der Waals surface area contributed by atoms with Gasteiger partial charge in [0.1, 0.15) is 10.8 Å². The van der Waals surface area contributed by atoms with Crippen molar-refractivity contribution in [3.05, 3.63) is 40.3 Å². The molecule has 1 heterocycles. The van der Waals surface area contributed by atoms with Gasteiger partial charge in [0.2, 0.25) is 5.91 Å². The van der Waals surface area contributed by atoms with E-state index in [0.717, 1.165) is 47.0 Å². The largest absolute Gasteiger partial charge is 0.497 e. The Hall–Kier alpha value is -1.53. The quantitative estimate of drug-likeness (QED) is 0.785. The standard InChI is InChI=1S/C18H22N2O2S2/c1-13-11-24-17(19-13)18(9-3-4-10-18)20-16(21)12-23-15-7-5-14(22-2)6-8-15/h5-8,11H,3-4,9-10,12H2,1-2H3,(H,20,21). The van der Waals surface area contributed by atoms with E-state index in [1.165, 1.54) is 0 Å². The van der Waals surface area contributed by atoms with Crippen molar-refractivity contribution in [3.63, 3.8) is 0 Å². The molecule has 0 atom stereocenters. The summed E-state index contributed by atoms with van der Waals surface area (Å²) in [6.07, 6.45) is 4.26. The van der Waals surface area contributed by atoms with E-state index in [2.05, 4.69) is 15.7 Å². The van der Waals surface area contributed by atoms with Gasteiger partial charge in [0, 0.05) is 16.0 Å². The zero-order valence-corrected chi connectivity index (χ0v) is 15.6. The topological polar surface area (TPSA) is 51.2 Å². The van der Waals surface area contributed by atoms with E-state index >= 15 is 0 Å². The highest BCUT2D eigenvalue weighted by Crippen LogP contribution is 2.40. The van der Waals surface area contributed by atoms with Crippen molar-refractivity contribution >= 4 is 29.0 Å². The van der Waals surface area contributed by atoms with Crippen LogP contribution in [0.1, 0.15) is 36.4 Å². The molecule has 1 N–H and O–H groups in total. The number of carbonyl (C=O) groups excluding carboxylic acids is 1. The van der Waals surface area contributed by atoms with Crippen LogP contribution < -0.4 is 10.1 Å². The van der Waals surface area contributed by atoms with E-state index in [1.54, 1.807) is 30.2 Å². The minimum atomic E-state index is -0.253. The summed E-state index contributed by atoms with van der Waals surface area (Å²) < 4.78 is 5.15. The minimum absolute atomic E-state index is 0.0746. The van der Waals surface area contributed by atoms with Crippen molar-refractivity contribution in [3.8, 4) is 5.75 Å². The van der Waals surface area contributed by atoms with Crippen LogP contribution in [0.25, 0.3) is 0 Å². The molecule has 128 valence electrons. The number of thioether (sulfide) groups is 1. The highest BCUT2D eigenvalue weighted by Gasteiger charge is 2.39. The van der Waals surface area contributed by atoms with Gasteiger partial charge in [-0.3, -0.25) is 4.79 Å². The van der Waals surface area contributed by atoms with Crippen molar-refractivity contribution in [2.24, 2.45) is 0 Å². The Balaban J connectivity index is 1.61. The molecule has 1 aromatic carbocycles. The Labute approximate surface area is 151 Å². The maximum Gasteiger partial charge on any atom is 0.231 e. The van der Waals surface area contributed by atoms with Crippen LogP contribution in [0, 0.1) is 6.92 Å². The number of amides is 1. The van der Waals surface area contributed by atoms with Gasteiger partial charge in [-0.15, -0.1) is 23.1 Å². The van der Waals surface area contributed by atoms with Gasteiger partial charge in [0.05, 0.1) is 18.4 Å². The van der Waals surface area contributed by atoms with E-state index in [0.29, 0.717) is 5.75 Å². The average molecular weight is 363 g/mol. The van der Waals surface area contributed by atoms with Gasteiger partial charge in [-0.1, -0.05) is 12.8 Å². The fourth-order valence-corrected chi connectivity index (χ4v) is 4.78. The summed E-state index contributed by atoms with van der Waals surface area (Å²) in [6.45, 7) is 2.00. The summed E-state index contributed by atoms with van der Waals surface area (Å²) in [5.41, 5.74) is 0.777. The molecule has 0 saturated heterocycles. The van der Waals surface area contributed by atoms with Crippen LogP contribution >= 0.6 is 23.1 Å². The smallest absolute Gasteiger partial charge is 0.231 e. The fraction of sp³-hybridized carbons (Fsp3) is 0.444. The highest BCUT2D eigenvalue weighted by molar-refractivity contribution is 8.00. The number of nitrogens with one attached hydrogen (secondary N) is 1. The number of hydrogen-bond acceptors (Lipinski definition) is 5. The van der Waals surface area contributed by atoms with E-state index in [9.17, 15) is 4.79 Å². The summed E-state index contributed by atoms with van der Waals surface area (Å²) in [5.74, 6) is 1.32. The van der Waals surface area contributed by atoms with Crippen molar-refractivity contribution in [1.29, 1.82) is 0 Å². The summed E-state index contributed by atoms with van der Waals surface area (Å²) in [4.78, 5) is 18.2. The van der Waals surface area contributed by atoms with Crippen LogP contribution in [0.2, 0.25) is 0 Å². The second-order valence-electron chi connectivity index (χ2n) is 6.10. The molecule has 0 radical (unpaired) electrons. The normalized spacial score (nSPS) is 16.1. The number of carbonyl (C=O) groups is 1. The molecule has 6 heteroatoms. The first-order valence-electron chi connectivity index (χ1n) is 8.12. The molecule has 3 rings (SSSR count). The molecule has 2 aromatic rings. The Kier molecular flexibility index (Phi) is 5.46. The van der Waals surface area contributed by atoms with Crippen LogP contribution in [0.3, 0.4) is 0 Å². The third-order valence-corrected chi connectivity index (χ3v) is 6.47. The van der Waals surface area contributed by atoms with Crippen molar-refractivity contribution in [2.45, 2.75) is 43.0 Å². The average Bonchev–Trinajstić information content (AvgIpc) is 3.23. The van der Waals surface area contributed by atoms with Gasteiger partial charge in [0.15, 0.2) is 0 Å². The molecule has 24 heavy (non-hydrogen) atoms. The SMILES string of the molecule is COc1ccc(SCC(=O)NC2(c3nc(C)cs3)CCCC2)cc1. The Morgan fingerprint density at radius 1 is 1.33 bits per heavy atom. The van der Waals surface area contributed by atoms with Gasteiger partial charge in [-0.2, -0.15) is 0 Å². The maximum absolute atomic E-state index is 12.5. The number of hydrogen-bond donors (Lipinski definition) is 1. The molecule has 0 aliphatic heterocycles. The number of rotatable bonds is 6. The fourth-order valence-electron chi connectivity index (χ4n) is 3.07. The Bertz CT molecular complexity index is 691. The molecule has 1 saturated carbocycles. The molecule has 4 nitrogen and oxygen atoms in total. The van der Waals surface area contributed by atoms with Gasteiger partial charge >= 0.3 is 0 Å². The lowest BCUT2D eigenvalue weighted by Gasteiger charge is -2.28. The van der Waals surface area contributed by atoms with Gasteiger partial charge in [-0.25, -0.2) is 4.98 Å². The number of benzene rings is 1. The van der Waals surface area contributed by atoms with E-state index < -0.39 is 0 Å². The summed E-state index contributed by atoms with van der Waals surface area (Å²) in [6, 6.07) is 7.78. The van der Waals surface area contributed by atoms with Gasteiger partial charge < -0.3 is 10.1 Å². The third-order valence-electron chi connectivity index (χ3n) is 4.29. The highest BCUT2D eigenvalue weighted by atomic mass is 32.2. The number of aromatic nitrogens is 1. The second-order valence-corrected chi connectivity index (χ2v) is 8.00. The van der Waals surface area contributed by atoms with Crippen molar-refractivity contribution in [2.75, 3.05) is 12.9 Å². The van der Waals surface area contributed by atoms with Crippen LogP contribution in [-0.4, -0.2) is 23.8 Å². The van der Waals surface area contributed by atoms with E-state index in [1.807, 2.05) is 31.2 Å². The molecular weight excluding hydrogens is 340 g/mol. The molecule has 0 bridgehead atoms. The first kappa shape index (κ1) is 17.3. The molecule has 1 aliphatic carbocycles. The van der Waals surface area contributed by atoms with Gasteiger partial charge in [-0.05, 0) is 44.0 Å². The molecule has 1 amide bonds. The predicted molar refractivity (Wildman–Crippen MR) is 98.9 cm³/mol. The number of ether oxygens (including phenoxy) is 1. The maximum atomic E-state index is 12.5. The van der Waals surface area contributed by atoms with Crippen LogP contribution in [0.15, 0.2) is 34.5 Å². The van der Waals surface area contributed by atoms with Crippen molar-refractivity contribution < 1.29 is 9.53 Å². The first-order valence-corrected chi connectivity index (χ1v) is 9.98. The molecule has 0 spiro atoms. The first-order chi connectivity index (χ1) is 11.6. The van der Waals surface area contributed by atoms with Crippen LogP contribution in [0.5, 0.6) is 5.75 Å². The van der Waals surface area contributed by atoms with Crippen LogP contribution in [-0.2, 0) is 10.3 Å². The lowest BCUT2D eigenvalue weighted by atomic mass is 9.98. The second kappa shape index (κ2) is 7.57. The Morgan fingerprint density at radius 3 is 2.62 bits per heavy atom. The lowest BCUT2D eigenvalue weighted by Crippen LogP contribution is -2.44. The molecular formula is C18H22N2O2S2. The predicted octanol–water partition coefficient (Wildman–Crippen LogP) is 4.14. The molecule has 0 unspecified atom stereocenters. The number of aryl methyl sites for hydroxylation is 1. The lowest BCUT2D eigenvalue weighted by molar-refractivity contribution is -0.120. The summed E-state index contributed by atoms with van der Waals surface area (Å²) in [7, 11) is 1.65. The molecule has 1 aromatic heterocycles. The Morgan fingerprint density at radius 2 is 2.04 bits per heavy atom. The van der Waals surface area contributed by atoms with Crippen LogP contribution in [0.4, 0.5) is 0 Å². The monoisotopic (exact) mass is 362 g/mol. The number of methoxy groups -OCH3 is 1. The molecule has 1 aliphatic rings. The van der Waals surface area contributed by atoms with E-state index in [-0.39, 0.29) is 11.4 Å². The number of nitrogens with zero attached hydrogens (tertiary/aromatic N) is 1. The van der Waals surface area contributed by atoms with Gasteiger partial charge in [0.25, 0.3) is 0 Å². The minimum Gasteiger partial charge on any atom is -0.497 e. The molecule has 1 fully saturated rings. The summed E-state index contributed by atoms with van der Waals surface area (Å²) >= 11 is 3.21. The summed E-state index contributed by atoms with van der Waals surface area (Å²) in [5, 5.41) is 6.40.